The first-order chi connectivity index (χ1) is 11.7. The van der Waals surface area contributed by atoms with E-state index in [9.17, 15) is 4.79 Å². The lowest BCUT2D eigenvalue weighted by Gasteiger charge is -2.34. The molecule has 2 aliphatic rings. The molecule has 4 rings (SSSR count). The van der Waals surface area contributed by atoms with E-state index in [2.05, 4.69) is 11.2 Å². The number of rotatable bonds is 2. The van der Waals surface area contributed by atoms with Crippen LogP contribution in [0.5, 0.6) is 0 Å². The predicted octanol–water partition coefficient (Wildman–Crippen LogP) is 2.31. The van der Waals surface area contributed by atoms with Gasteiger partial charge >= 0.3 is 0 Å². The zero-order chi connectivity index (χ0) is 16.5. The molecular weight excluding hydrogens is 304 g/mol. The Balaban J connectivity index is 1.40. The van der Waals surface area contributed by atoms with Gasteiger partial charge in [0.2, 0.25) is 0 Å². The van der Waals surface area contributed by atoms with E-state index in [1.54, 1.807) is 0 Å². The summed E-state index contributed by atoms with van der Waals surface area (Å²) in [5.41, 5.74) is 3.00. The van der Waals surface area contributed by atoms with E-state index >= 15 is 0 Å². The number of hydrogen-bond acceptors (Lipinski definition) is 4. The lowest BCUT2D eigenvalue weighted by molar-refractivity contribution is -0.147. The molecule has 6 nitrogen and oxygen atoms in total. The van der Waals surface area contributed by atoms with E-state index in [1.807, 2.05) is 28.6 Å². The van der Waals surface area contributed by atoms with Crippen molar-refractivity contribution in [2.75, 3.05) is 19.7 Å². The molecule has 0 unspecified atom stereocenters. The number of ether oxygens (including phenoxy) is 1. The summed E-state index contributed by atoms with van der Waals surface area (Å²) in [6, 6.07) is 4.06. The fraction of sp³-hybridized carbons (Fsp3) is 0.611. The van der Waals surface area contributed by atoms with E-state index < -0.39 is 0 Å². The second kappa shape index (κ2) is 6.51. The topological polar surface area (TPSA) is 59.7 Å². The number of piperidine rings is 1. The van der Waals surface area contributed by atoms with Gasteiger partial charge < -0.3 is 9.64 Å². The van der Waals surface area contributed by atoms with Gasteiger partial charge in [-0.05, 0) is 45.1 Å². The predicted molar refractivity (Wildman–Crippen MR) is 89.9 cm³/mol. The zero-order valence-corrected chi connectivity index (χ0v) is 14.1. The third-order valence-electron chi connectivity index (χ3n) is 5.15. The van der Waals surface area contributed by atoms with Gasteiger partial charge in [-0.15, -0.1) is 0 Å². The minimum Gasteiger partial charge on any atom is -0.368 e. The smallest absolute Gasteiger partial charge is 0.251 e. The number of amides is 1. The first-order valence-corrected chi connectivity index (χ1v) is 8.94. The molecule has 0 saturated carbocycles. The van der Waals surface area contributed by atoms with E-state index in [0.29, 0.717) is 5.92 Å². The normalized spacial score (nSPS) is 22.9. The highest BCUT2D eigenvalue weighted by Gasteiger charge is 2.30. The number of nitrogens with zero attached hydrogens (tertiary/aromatic N) is 4. The van der Waals surface area contributed by atoms with Crippen LogP contribution in [0.1, 0.15) is 49.4 Å². The van der Waals surface area contributed by atoms with Gasteiger partial charge in [-0.25, -0.2) is 9.50 Å². The van der Waals surface area contributed by atoms with Crippen LogP contribution in [0, 0.1) is 6.92 Å². The second-order valence-electron chi connectivity index (χ2n) is 6.90. The van der Waals surface area contributed by atoms with Crippen molar-refractivity contribution in [3.63, 3.8) is 0 Å². The Labute approximate surface area is 141 Å². The van der Waals surface area contributed by atoms with Gasteiger partial charge in [0, 0.05) is 43.6 Å². The molecular formula is C18H24N4O2. The molecule has 0 spiro atoms. The van der Waals surface area contributed by atoms with Crippen molar-refractivity contribution < 1.29 is 9.53 Å². The minimum absolute atomic E-state index is 0.183. The molecule has 2 aromatic heterocycles. The summed E-state index contributed by atoms with van der Waals surface area (Å²) in [6.45, 7) is 4.30. The molecule has 2 aromatic rings. The first kappa shape index (κ1) is 15.6. The third kappa shape index (κ3) is 3.02. The molecule has 0 aliphatic carbocycles. The fourth-order valence-corrected chi connectivity index (χ4v) is 3.77. The SMILES string of the molecule is Cc1cc2nc(C3CCN(C(=O)[C@H]4CCCCO4)CC3)ccn2n1. The number of carbonyl (C=O) groups excluding carboxylic acids is 1. The Hall–Kier alpha value is -1.95. The summed E-state index contributed by atoms with van der Waals surface area (Å²) in [4.78, 5) is 19.3. The van der Waals surface area contributed by atoms with Crippen LogP contribution in [0.25, 0.3) is 5.65 Å². The van der Waals surface area contributed by atoms with Crippen LogP contribution in [0.4, 0.5) is 0 Å². The van der Waals surface area contributed by atoms with E-state index in [-0.39, 0.29) is 12.0 Å². The van der Waals surface area contributed by atoms with Crippen molar-refractivity contribution in [2.24, 2.45) is 0 Å². The summed E-state index contributed by atoms with van der Waals surface area (Å²) in [5.74, 6) is 0.601. The lowest BCUT2D eigenvalue weighted by atomic mass is 9.92. The summed E-state index contributed by atoms with van der Waals surface area (Å²) in [7, 11) is 0. The molecule has 0 radical (unpaired) electrons. The maximum atomic E-state index is 12.5. The number of fused-ring (bicyclic) bond motifs is 1. The Morgan fingerprint density at radius 2 is 2.08 bits per heavy atom. The number of likely N-dealkylation sites (tertiary alicyclic amines) is 1. The van der Waals surface area contributed by atoms with Crippen molar-refractivity contribution in [1.29, 1.82) is 0 Å². The van der Waals surface area contributed by atoms with Crippen LogP contribution in [-0.4, -0.2) is 51.2 Å². The fourth-order valence-electron chi connectivity index (χ4n) is 3.77. The minimum atomic E-state index is -0.209. The third-order valence-corrected chi connectivity index (χ3v) is 5.15. The average molecular weight is 328 g/mol. The van der Waals surface area contributed by atoms with Gasteiger partial charge in [-0.3, -0.25) is 4.79 Å². The maximum absolute atomic E-state index is 12.5. The van der Waals surface area contributed by atoms with Crippen LogP contribution in [0.15, 0.2) is 18.3 Å². The average Bonchev–Trinajstić information content (AvgIpc) is 3.01. The quantitative estimate of drug-likeness (QED) is 0.849. The van der Waals surface area contributed by atoms with Crippen LogP contribution in [-0.2, 0) is 9.53 Å². The monoisotopic (exact) mass is 328 g/mol. The van der Waals surface area contributed by atoms with E-state index in [4.69, 9.17) is 9.72 Å². The molecule has 2 aliphatic heterocycles. The number of carbonyl (C=O) groups is 1. The van der Waals surface area contributed by atoms with Gasteiger partial charge in [-0.2, -0.15) is 5.10 Å². The van der Waals surface area contributed by atoms with Crippen LogP contribution in [0.2, 0.25) is 0 Å². The molecule has 0 aromatic carbocycles. The molecule has 2 saturated heterocycles. The van der Waals surface area contributed by atoms with Crippen LogP contribution < -0.4 is 0 Å². The zero-order valence-electron chi connectivity index (χ0n) is 14.1. The molecule has 0 bridgehead atoms. The van der Waals surface area contributed by atoms with Crippen molar-refractivity contribution in [1.82, 2.24) is 19.5 Å². The van der Waals surface area contributed by atoms with E-state index in [1.165, 1.54) is 0 Å². The number of aryl methyl sites for hydroxylation is 1. The van der Waals surface area contributed by atoms with Gasteiger partial charge in [0.1, 0.15) is 6.10 Å². The molecule has 24 heavy (non-hydrogen) atoms. The molecule has 4 heterocycles. The Kier molecular flexibility index (Phi) is 4.22. The Morgan fingerprint density at radius 1 is 1.25 bits per heavy atom. The molecule has 128 valence electrons. The summed E-state index contributed by atoms with van der Waals surface area (Å²) >= 11 is 0. The van der Waals surface area contributed by atoms with Crippen molar-refractivity contribution >= 4 is 11.6 Å². The van der Waals surface area contributed by atoms with Gasteiger partial charge in [0.25, 0.3) is 5.91 Å². The van der Waals surface area contributed by atoms with Gasteiger partial charge in [0.15, 0.2) is 5.65 Å². The van der Waals surface area contributed by atoms with E-state index in [0.717, 1.165) is 68.8 Å². The lowest BCUT2D eigenvalue weighted by Crippen LogP contribution is -2.45. The maximum Gasteiger partial charge on any atom is 0.251 e. The molecule has 2 fully saturated rings. The summed E-state index contributed by atoms with van der Waals surface area (Å²) in [6.07, 6.45) is 6.76. The summed E-state index contributed by atoms with van der Waals surface area (Å²) < 4.78 is 7.46. The Bertz CT molecular complexity index is 728. The molecule has 0 N–H and O–H groups in total. The highest BCUT2D eigenvalue weighted by atomic mass is 16.5. The van der Waals surface area contributed by atoms with Gasteiger partial charge in [-0.1, -0.05) is 0 Å². The summed E-state index contributed by atoms with van der Waals surface area (Å²) in [5, 5.41) is 4.37. The van der Waals surface area contributed by atoms with Crippen molar-refractivity contribution in [3.05, 3.63) is 29.7 Å². The second-order valence-corrected chi connectivity index (χ2v) is 6.90. The van der Waals surface area contributed by atoms with Crippen molar-refractivity contribution in [2.45, 2.75) is 51.0 Å². The standard InChI is InChI=1S/C18H24N4O2/c1-13-12-17-19-15(7-10-22(17)20-13)14-5-8-21(9-6-14)18(23)16-4-2-3-11-24-16/h7,10,12,14,16H,2-6,8-9,11H2,1H3/t16-/m1/s1. The molecule has 1 amide bonds. The molecule has 6 heteroatoms. The first-order valence-electron chi connectivity index (χ1n) is 8.94. The van der Waals surface area contributed by atoms with Crippen molar-refractivity contribution in [3.8, 4) is 0 Å². The molecule has 1 atom stereocenters. The van der Waals surface area contributed by atoms with Gasteiger partial charge in [0.05, 0.1) is 5.69 Å². The highest BCUT2D eigenvalue weighted by molar-refractivity contribution is 5.81. The largest absolute Gasteiger partial charge is 0.368 e. The number of aromatic nitrogens is 3. The Morgan fingerprint density at radius 3 is 2.83 bits per heavy atom. The van der Waals surface area contributed by atoms with Crippen LogP contribution >= 0.6 is 0 Å². The van der Waals surface area contributed by atoms with Crippen LogP contribution in [0.3, 0.4) is 0 Å². The highest BCUT2D eigenvalue weighted by Crippen LogP contribution is 2.28. The number of hydrogen-bond donors (Lipinski definition) is 0.